The molecule has 2 N–H and O–H groups in total. The molecule has 4 nitrogen and oxygen atoms in total. The third kappa shape index (κ3) is 6.35. The van der Waals surface area contributed by atoms with E-state index >= 15 is 0 Å². The second-order valence-corrected chi connectivity index (χ2v) is 5.77. The summed E-state index contributed by atoms with van der Waals surface area (Å²) in [5.41, 5.74) is 1.34. The summed E-state index contributed by atoms with van der Waals surface area (Å²) in [7, 11) is 0. The number of hydrogen-bond acceptors (Lipinski definition) is 3. The van der Waals surface area contributed by atoms with Crippen LogP contribution in [0.3, 0.4) is 0 Å². The third-order valence-corrected chi connectivity index (χ3v) is 2.63. The standard InChI is InChI=1S/C16H22N2O2/c1-16(2,3)9-10-17-15(20)14-8-7-13(12-18-14)6-4-5-11-19/h7-8,12,19H,5,9-11H2,1-3H3,(H,17,20). The molecule has 0 aliphatic heterocycles. The van der Waals surface area contributed by atoms with Gasteiger partial charge in [-0.05, 0) is 24.0 Å². The molecule has 1 amide bonds. The molecule has 0 atom stereocenters. The minimum atomic E-state index is -0.163. The molecule has 1 aromatic heterocycles. The van der Waals surface area contributed by atoms with Crippen LogP contribution in [0.25, 0.3) is 0 Å². The molecule has 1 heterocycles. The van der Waals surface area contributed by atoms with Crippen molar-refractivity contribution in [3.05, 3.63) is 29.6 Å². The van der Waals surface area contributed by atoms with Crippen molar-refractivity contribution in [1.82, 2.24) is 10.3 Å². The lowest BCUT2D eigenvalue weighted by Crippen LogP contribution is -2.27. The van der Waals surface area contributed by atoms with E-state index in [2.05, 4.69) is 42.9 Å². The Kier molecular flexibility index (Phi) is 6.20. The molecular weight excluding hydrogens is 252 g/mol. The summed E-state index contributed by atoms with van der Waals surface area (Å²) < 4.78 is 0. The van der Waals surface area contributed by atoms with Crippen LogP contribution in [0.5, 0.6) is 0 Å². The first-order chi connectivity index (χ1) is 9.42. The SMILES string of the molecule is CC(C)(C)CCNC(=O)c1ccc(C#CCCO)cn1. The smallest absolute Gasteiger partial charge is 0.269 e. The fourth-order valence-corrected chi connectivity index (χ4v) is 1.46. The number of nitrogens with one attached hydrogen (secondary N) is 1. The fraction of sp³-hybridized carbons (Fsp3) is 0.500. The zero-order valence-corrected chi connectivity index (χ0v) is 12.4. The van der Waals surface area contributed by atoms with Gasteiger partial charge in [0.15, 0.2) is 0 Å². The minimum absolute atomic E-state index is 0.0503. The molecule has 0 saturated carbocycles. The lowest BCUT2D eigenvalue weighted by molar-refractivity contribution is 0.0944. The Morgan fingerprint density at radius 3 is 2.70 bits per heavy atom. The van der Waals surface area contributed by atoms with E-state index < -0.39 is 0 Å². The number of carbonyl (C=O) groups excluding carboxylic acids is 1. The number of aliphatic hydroxyl groups is 1. The van der Waals surface area contributed by atoms with Crippen molar-refractivity contribution in [3.63, 3.8) is 0 Å². The number of pyridine rings is 1. The predicted octanol–water partition coefficient (Wildman–Crippen LogP) is 1.98. The average Bonchev–Trinajstić information content (AvgIpc) is 2.38. The van der Waals surface area contributed by atoms with E-state index in [9.17, 15) is 4.79 Å². The summed E-state index contributed by atoms with van der Waals surface area (Å²) in [5, 5.41) is 11.5. The Hall–Kier alpha value is -1.86. The van der Waals surface area contributed by atoms with Gasteiger partial charge in [-0.2, -0.15) is 0 Å². The van der Waals surface area contributed by atoms with Crippen molar-refractivity contribution < 1.29 is 9.90 Å². The number of carbonyl (C=O) groups is 1. The third-order valence-electron chi connectivity index (χ3n) is 2.63. The van der Waals surface area contributed by atoms with Crippen molar-refractivity contribution in [1.29, 1.82) is 0 Å². The first kappa shape index (κ1) is 16.2. The van der Waals surface area contributed by atoms with E-state index in [-0.39, 0.29) is 17.9 Å². The second kappa shape index (κ2) is 7.66. The van der Waals surface area contributed by atoms with Crippen LogP contribution in [0.15, 0.2) is 18.3 Å². The Morgan fingerprint density at radius 1 is 1.40 bits per heavy atom. The van der Waals surface area contributed by atoms with Crippen molar-refractivity contribution in [2.75, 3.05) is 13.2 Å². The highest BCUT2D eigenvalue weighted by atomic mass is 16.2. The topological polar surface area (TPSA) is 62.2 Å². The molecule has 0 aliphatic rings. The number of rotatable bonds is 4. The van der Waals surface area contributed by atoms with E-state index in [4.69, 9.17) is 5.11 Å². The van der Waals surface area contributed by atoms with Gasteiger partial charge in [0.1, 0.15) is 5.69 Å². The zero-order valence-electron chi connectivity index (χ0n) is 12.4. The first-order valence-corrected chi connectivity index (χ1v) is 6.76. The molecule has 0 radical (unpaired) electrons. The largest absolute Gasteiger partial charge is 0.395 e. The second-order valence-electron chi connectivity index (χ2n) is 5.77. The van der Waals surface area contributed by atoms with Gasteiger partial charge >= 0.3 is 0 Å². The maximum atomic E-state index is 11.9. The van der Waals surface area contributed by atoms with Gasteiger partial charge in [0.2, 0.25) is 0 Å². The molecule has 0 fully saturated rings. The molecule has 0 aromatic carbocycles. The molecule has 1 rings (SSSR count). The number of aromatic nitrogens is 1. The van der Waals surface area contributed by atoms with E-state index in [0.717, 1.165) is 12.0 Å². The summed E-state index contributed by atoms with van der Waals surface area (Å²) >= 11 is 0. The normalized spacial score (nSPS) is 10.6. The maximum Gasteiger partial charge on any atom is 0.269 e. The van der Waals surface area contributed by atoms with Gasteiger partial charge in [-0.25, -0.2) is 4.98 Å². The first-order valence-electron chi connectivity index (χ1n) is 6.76. The van der Waals surface area contributed by atoms with Crippen LogP contribution in [-0.4, -0.2) is 29.1 Å². The minimum Gasteiger partial charge on any atom is -0.395 e. The van der Waals surface area contributed by atoms with Crippen molar-refractivity contribution in [3.8, 4) is 11.8 Å². The molecule has 0 saturated heterocycles. The summed E-state index contributed by atoms with van der Waals surface area (Å²) in [6, 6.07) is 3.42. The van der Waals surface area contributed by atoms with Gasteiger partial charge in [-0.3, -0.25) is 4.79 Å². The molecular formula is C16H22N2O2. The number of amides is 1. The molecule has 0 bridgehead atoms. The van der Waals surface area contributed by atoms with Crippen LogP contribution in [-0.2, 0) is 0 Å². The van der Waals surface area contributed by atoms with Crippen LogP contribution >= 0.6 is 0 Å². The van der Waals surface area contributed by atoms with Crippen molar-refractivity contribution >= 4 is 5.91 Å². The molecule has 108 valence electrons. The molecule has 0 spiro atoms. The van der Waals surface area contributed by atoms with Crippen LogP contribution in [0.4, 0.5) is 0 Å². The van der Waals surface area contributed by atoms with Crippen LogP contribution in [0, 0.1) is 17.3 Å². The highest BCUT2D eigenvalue weighted by Gasteiger charge is 2.11. The molecule has 4 heteroatoms. The summed E-state index contributed by atoms with van der Waals surface area (Å²) in [5.74, 6) is 5.52. The molecule has 1 aromatic rings. The van der Waals surface area contributed by atoms with Gasteiger partial charge in [-0.15, -0.1) is 0 Å². The van der Waals surface area contributed by atoms with Gasteiger partial charge in [-0.1, -0.05) is 32.6 Å². The van der Waals surface area contributed by atoms with E-state index in [1.807, 2.05) is 0 Å². The highest BCUT2D eigenvalue weighted by Crippen LogP contribution is 2.16. The summed E-state index contributed by atoms with van der Waals surface area (Å²) in [6.07, 6.45) is 2.93. The molecule has 0 unspecified atom stereocenters. The van der Waals surface area contributed by atoms with Crippen molar-refractivity contribution in [2.45, 2.75) is 33.6 Å². The number of hydrogen-bond donors (Lipinski definition) is 2. The Balaban J connectivity index is 2.52. The quantitative estimate of drug-likeness (QED) is 0.825. The van der Waals surface area contributed by atoms with Crippen LogP contribution in [0.2, 0.25) is 0 Å². The Bertz CT molecular complexity index is 490. The molecule has 20 heavy (non-hydrogen) atoms. The number of aliphatic hydroxyl groups excluding tert-OH is 1. The predicted molar refractivity (Wildman–Crippen MR) is 79.2 cm³/mol. The maximum absolute atomic E-state index is 11.9. The number of nitrogens with zero attached hydrogens (tertiary/aromatic N) is 1. The van der Waals surface area contributed by atoms with Gasteiger partial charge in [0.25, 0.3) is 5.91 Å². The van der Waals surface area contributed by atoms with Crippen LogP contribution < -0.4 is 5.32 Å². The fourth-order valence-electron chi connectivity index (χ4n) is 1.46. The molecule has 0 aliphatic carbocycles. The Labute approximate surface area is 120 Å². The van der Waals surface area contributed by atoms with E-state index in [1.54, 1.807) is 18.3 Å². The Morgan fingerprint density at radius 2 is 2.15 bits per heavy atom. The highest BCUT2D eigenvalue weighted by molar-refractivity contribution is 5.92. The lowest BCUT2D eigenvalue weighted by Gasteiger charge is -2.17. The summed E-state index contributed by atoms with van der Waals surface area (Å²) in [4.78, 5) is 16.0. The van der Waals surface area contributed by atoms with Crippen molar-refractivity contribution in [2.24, 2.45) is 5.41 Å². The van der Waals surface area contributed by atoms with Gasteiger partial charge in [0, 0.05) is 24.7 Å². The summed E-state index contributed by atoms with van der Waals surface area (Å²) in [6.45, 7) is 7.10. The van der Waals surface area contributed by atoms with Crippen LogP contribution in [0.1, 0.15) is 49.7 Å². The van der Waals surface area contributed by atoms with E-state index in [1.165, 1.54) is 0 Å². The van der Waals surface area contributed by atoms with E-state index in [0.29, 0.717) is 18.7 Å². The monoisotopic (exact) mass is 274 g/mol. The van der Waals surface area contributed by atoms with Gasteiger partial charge in [0.05, 0.1) is 6.61 Å². The zero-order chi connectivity index (χ0) is 15.0. The lowest BCUT2D eigenvalue weighted by atomic mass is 9.92. The average molecular weight is 274 g/mol. The van der Waals surface area contributed by atoms with Gasteiger partial charge < -0.3 is 10.4 Å².